The number of aryl methyl sites for hydroxylation is 2. The standard InChI is InChI=1S/C14H22N2O2/c1-9-6-12(7-10(2)13(9)18-5)8-16(4)14(17)11(3)15/h6-7,11H,8,15H2,1-5H3/t11-/m0/s1. The maximum atomic E-state index is 11.7. The highest BCUT2D eigenvalue weighted by Gasteiger charge is 2.14. The number of nitrogens with zero attached hydrogens (tertiary/aromatic N) is 1. The van der Waals surface area contributed by atoms with Crippen molar-refractivity contribution in [1.82, 2.24) is 4.90 Å². The van der Waals surface area contributed by atoms with Gasteiger partial charge in [0.05, 0.1) is 13.2 Å². The first-order valence-electron chi connectivity index (χ1n) is 6.01. The van der Waals surface area contributed by atoms with Gasteiger partial charge in [0.1, 0.15) is 5.75 Å². The van der Waals surface area contributed by atoms with Gasteiger partial charge in [-0.25, -0.2) is 0 Å². The fraction of sp³-hybridized carbons (Fsp3) is 0.500. The Labute approximate surface area is 109 Å². The number of carbonyl (C=O) groups excluding carboxylic acids is 1. The van der Waals surface area contributed by atoms with Crippen LogP contribution in [0.3, 0.4) is 0 Å². The molecule has 0 unspecified atom stereocenters. The molecule has 2 N–H and O–H groups in total. The third-order valence-electron chi connectivity index (χ3n) is 2.91. The highest BCUT2D eigenvalue weighted by molar-refractivity contribution is 5.80. The molecule has 0 saturated heterocycles. The number of amides is 1. The van der Waals surface area contributed by atoms with Crippen LogP contribution in [0.5, 0.6) is 5.75 Å². The second-order valence-electron chi connectivity index (χ2n) is 4.75. The smallest absolute Gasteiger partial charge is 0.239 e. The number of hydrogen-bond donors (Lipinski definition) is 1. The molecule has 1 rings (SSSR count). The molecule has 100 valence electrons. The Kier molecular flexibility index (Phi) is 4.73. The lowest BCUT2D eigenvalue weighted by molar-refractivity contribution is -0.131. The number of ether oxygens (including phenoxy) is 1. The number of benzene rings is 1. The molecule has 0 bridgehead atoms. The van der Waals surface area contributed by atoms with E-state index in [1.165, 1.54) is 0 Å². The predicted molar refractivity (Wildman–Crippen MR) is 72.6 cm³/mol. The monoisotopic (exact) mass is 250 g/mol. The molecule has 0 fully saturated rings. The summed E-state index contributed by atoms with van der Waals surface area (Å²) in [6.07, 6.45) is 0. The summed E-state index contributed by atoms with van der Waals surface area (Å²) in [5.41, 5.74) is 8.83. The molecule has 1 atom stereocenters. The topological polar surface area (TPSA) is 55.6 Å². The third kappa shape index (κ3) is 3.23. The summed E-state index contributed by atoms with van der Waals surface area (Å²) in [7, 11) is 3.43. The fourth-order valence-electron chi connectivity index (χ4n) is 2.15. The summed E-state index contributed by atoms with van der Waals surface area (Å²) in [6.45, 7) is 6.26. The molecule has 0 heterocycles. The molecule has 1 amide bonds. The van der Waals surface area contributed by atoms with E-state index in [1.54, 1.807) is 26.0 Å². The summed E-state index contributed by atoms with van der Waals surface area (Å²) in [5, 5.41) is 0. The second kappa shape index (κ2) is 5.87. The number of hydrogen-bond acceptors (Lipinski definition) is 3. The maximum absolute atomic E-state index is 11.7. The molecule has 0 saturated carbocycles. The molecule has 0 aliphatic rings. The Hall–Kier alpha value is -1.55. The number of nitrogens with two attached hydrogens (primary N) is 1. The van der Waals surface area contributed by atoms with Gasteiger partial charge >= 0.3 is 0 Å². The minimum Gasteiger partial charge on any atom is -0.496 e. The van der Waals surface area contributed by atoms with E-state index in [1.807, 2.05) is 26.0 Å². The molecule has 18 heavy (non-hydrogen) atoms. The summed E-state index contributed by atoms with van der Waals surface area (Å²) in [5.74, 6) is 0.848. The quantitative estimate of drug-likeness (QED) is 0.883. The van der Waals surface area contributed by atoms with Crippen LogP contribution in [0.25, 0.3) is 0 Å². The molecule has 0 aromatic heterocycles. The molecular formula is C14H22N2O2. The van der Waals surface area contributed by atoms with Crippen molar-refractivity contribution in [3.05, 3.63) is 28.8 Å². The summed E-state index contributed by atoms with van der Waals surface area (Å²) in [6, 6.07) is 3.61. The molecule has 4 heteroatoms. The van der Waals surface area contributed by atoms with Crippen LogP contribution >= 0.6 is 0 Å². The van der Waals surface area contributed by atoms with Crippen molar-refractivity contribution in [1.29, 1.82) is 0 Å². The first kappa shape index (κ1) is 14.5. The van der Waals surface area contributed by atoms with E-state index in [0.717, 1.165) is 22.4 Å². The zero-order valence-electron chi connectivity index (χ0n) is 11.8. The zero-order valence-corrected chi connectivity index (χ0v) is 11.8. The fourth-order valence-corrected chi connectivity index (χ4v) is 2.15. The summed E-state index contributed by atoms with van der Waals surface area (Å²) in [4.78, 5) is 13.4. The van der Waals surface area contributed by atoms with Crippen molar-refractivity contribution in [2.24, 2.45) is 5.73 Å². The van der Waals surface area contributed by atoms with Gasteiger partial charge in [-0.3, -0.25) is 4.79 Å². The molecule has 1 aromatic carbocycles. The molecule has 0 aliphatic heterocycles. The number of methoxy groups -OCH3 is 1. The third-order valence-corrected chi connectivity index (χ3v) is 2.91. The number of rotatable bonds is 4. The van der Waals surface area contributed by atoms with Crippen LogP contribution in [-0.2, 0) is 11.3 Å². The number of carbonyl (C=O) groups is 1. The van der Waals surface area contributed by atoms with E-state index in [2.05, 4.69) is 0 Å². The second-order valence-corrected chi connectivity index (χ2v) is 4.75. The molecule has 1 aromatic rings. The van der Waals surface area contributed by atoms with E-state index >= 15 is 0 Å². The zero-order chi connectivity index (χ0) is 13.9. The van der Waals surface area contributed by atoms with E-state index in [0.29, 0.717) is 6.54 Å². The minimum atomic E-state index is -0.463. The molecule has 4 nitrogen and oxygen atoms in total. The van der Waals surface area contributed by atoms with Crippen LogP contribution in [-0.4, -0.2) is 31.0 Å². The SMILES string of the molecule is COc1c(C)cc(CN(C)C(=O)[C@H](C)N)cc1C. The Bertz CT molecular complexity index is 418. The summed E-state index contributed by atoms with van der Waals surface area (Å²) < 4.78 is 5.32. The highest BCUT2D eigenvalue weighted by Crippen LogP contribution is 2.24. The lowest BCUT2D eigenvalue weighted by Crippen LogP contribution is -2.39. The maximum Gasteiger partial charge on any atom is 0.239 e. The Morgan fingerprint density at radius 2 is 1.89 bits per heavy atom. The van der Waals surface area contributed by atoms with Gasteiger partial charge in [0.15, 0.2) is 0 Å². The van der Waals surface area contributed by atoms with Crippen LogP contribution in [0.4, 0.5) is 0 Å². The van der Waals surface area contributed by atoms with Crippen LogP contribution in [0.15, 0.2) is 12.1 Å². The van der Waals surface area contributed by atoms with Crippen molar-refractivity contribution >= 4 is 5.91 Å². The van der Waals surface area contributed by atoms with Gasteiger partial charge in [-0.1, -0.05) is 12.1 Å². The molecule has 0 spiro atoms. The minimum absolute atomic E-state index is 0.0545. The largest absolute Gasteiger partial charge is 0.496 e. The normalized spacial score (nSPS) is 12.1. The molecular weight excluding hydrogens is 228 g/mol. The average molecular weight is 250 g/mol. The van der Waals surface area contributed by atoms with Crippen molar-refractivity contribution in [3.8, 4) is 5.75 Å². The van der Waals surface area contributed by atoms with Crippen molar-refractivity contribution in [2.45, 2.75) is 33.4 Å². The van der Waals surface area contributed by atoms with E-state index in [4.69, 9.17) is 10.5 Å². The lowest BCUT2D eigenvalue weighted by Gasteiger charge is -2.20. The predicted octanol–water partition coefficient (Wildman–Crippen LogP) is 1.62. The van der Waals surface area contributed by atoms with Gasteiger partial charge in [0.2, 0.25) is 5.91 Å². The van der Waals surface area contributed by atoms with E-state index in [9.17, 15) is 4.79 Å². The summed E-state index contributed by atoms with van der Waals surface area (Å²) >= 11 is 0. The van der Waals surface area contributed by atoms with Gasteiger partial charge in [0.25, 0.3) is 0 Å². The van der Waals surface area contributed by atoms with Crippen LogP contribution in [0.1, 0.15) is 23.6 Å². The number of likely N-dealkylation sites (N-methyl/N-ethyl adjacent to an activating group) is 1. The molecule has 0 aliphatic carbocycles. The van der Waals surface area contributed by atoms with E-state index in [-0.39, 0.29) is 5.91 Å². The van der Waals surface area contributed by atoms with Crippen molar-refractivity contribution in [3.63, 3.8) is 0 Å². The van der Waals surface area contributed by atoms with Crippen LogP contribution in [0.2, 0.25) is 0 Å². The average Bonchev–Trinajstić information content (AvgIpc) is 2.27. The van der Waals surface area contributed by atoms with Crippen LogP contribution < -0.4 is 10.5 Å². The lowest BCUT2D eigenvalue weighted by atomic mass is 10.1. The van der Waals surface area contributed by atoms with Gasteiger partial charge in [-0.2, -0.15) is 0 Å². The van der Waals surface area contributed by atoms with Gasteiger partial charge < -0.3 is 15.4 Å². The first-order valence-corrected chi connectivity index (χ1v) is 6.01. The Balaban J connectivity index is 2.89. The van der Waals surface area contributed by atoms with Gasteiger partial charge in [-0.15, -0.1) is 0 Å². The van der Waals surface area contributed by atoms with Crippen molar-refractivity contribution in [2.75, 3.05) is 14.2 Å². The Morgan fingerprint density at radius 1 is 1.39 bits per heavy atom. The molecule has 0 radical (unpaired) electrons. The van der Waals surface area contributed by atoms with Crippen LogP contribution in [0, 0.1) is 13.8 Å². The van der Waals surface area contributed by atoms with Crippen molar-refractivity contribution < 1.29 is 9.53 Å². The highest BCUT2D eigenvalue weighted by atomic mass is 16.5. The first-order chi connectivity index (χ1) is 8.36. The van der Waals surface area contributed by atoms with Gasteiger partial charge in [0, 0.05) is 13.6 Å². The van der Waals surface area contributed by atoms with E-state index < -0.39 is 6.04 Å². The van der Waals surface area contributed by atoms with Gasteiger partial charge in [-0.05, 0) is 37.5 Å². The Morgan fingerprint density at radius 3 is 2.28 bits per heavy atom.